The topological polar surface area (TPSA) is 49.6 Å². The van der Waals surface area contributed by atoms with E-state index in [-0.39, 0.29) is 5.91 Å². The van der Waals surface area contributed by atoms with Gasteiger partial charge >= 0.3 is 0 Å². The van der Waals surface area contributed by atoms with Gasteiger partial charge in [-0.15, -0.1) is 0 Å². The third-order valence-electron chi connectivity index (χ3n) is 4.02. The molecule has 0 bridgehead atoms. The van der Waals surface area contributed by atoms with Crippen molar-refractivity contribution < 1.29 is 9.21 Å². The van der Waals surface area contributed by atoms with Gasteiger partial charge in [-0.05, 0) is 24.6 Å². The van der Waals surface area contributed by atoms with Gasteiger partial charge in [0.1, 0.15) is 5.76 Å². The fourth-order valence-corrected chi connectivity index (χ4v) is 2.77. The SMILES string of the molecule is CC(=O)N1CCN(Cc2cccc(-c3ncc(C)o3)c2)CC1. The summed E-state index contributed by atoms with van der Waals surface area (Å²) in [7, 11) is 0. The Balaban J connectivity index is 1.65. The quantitative estimate of drug-likeness (QED) is 0.872. The van der Waals surface area contributed by atoms with Crippen molar-refractivity contribution in [3.05, 3.63) is 41.8 Å². The molecular weight excluding hydrogens is 278 g/mol. The number of carbonyl (C=O) groups excluding carboxylic acids is 1. The van der Waals surface area contributed by atoms with Crippen molar-refractivity contribution in [3.8, 4) is 11.5 Å². The van der Waals surface area contributed by atoms with Crippen LogP contribution in [-0.4, -0.2) is 46.9 Å². The van der Waals surface area contributed by atoms with Gasteiger partial charge in [0.15, 0.2) is 0 Å². The number of aromatic nitrogens is 1. The van der Waals surface area contributed by atoms with Crippen molar-refractivity contribution in [2.45, 2.75) is 20.4 Å². The lowest BCUT2D eigenvalue weighted by molar-refractivity contribution is -0.130. The maximum absolute atomic E-state index is 11.4. The van der Waals surface area contributed by atoms with Crippen LogP contribution in [-0.2, 0) is 11.3 Å². The molecule has 1 aliphatic heterocycles. The smallest absolute Gasteiger partial charge is 0.226 e. The van der Waals surface area contributed by atoms with E-state index >= 15 is 0 Å². The van der Waals surface area contributed by atoms with E-state index in [1.807, 2.05) is 24.0 Å². The molecule has 0 aliphatic carbocycles. The number of benzene rings is 1. The monoisotopic (exact) mass is 299 g/mol. The Morgan fingerprint density at radius 3 is 2.68 bits per heavy atom. The molecule has 2 heterocycles. The van der Waals surface area contributed by atoms with Gasteiger partial charge in [0, 0.05) is 45.2 Å². The van der Waals surface area contributed by atoms with E-state index in [1.165, 1.54) is 5.56 Å². The lowest BCUT2D eigenvalue weighted by Crippen LogP contribution is -2.47. The summed E-state index contributed by atoms with van der Waals surface area (Å²) < 4.78 is 5.59. The fraction of sp³-hybridized carbons (Fsp3) is 0.412. The highest BCUT2D eigenvalue weighted by atomic mass is 16.4. The maximum atomic E-state index is 11.4. The summed E-state index contributed by atoms with van der Waals surface area (Å²) in [5.74, 6) is 1.66. The van der Waals surface area contributed by atoms with Crippen LogP contribution in [0, 0.1) is 6.92 Å². The van der Waals surface area contributed by atoms with Gasteiger partial charge in [-0.2, -0.15) is 0 Å². The number of nitrogens with zero attached hydrogens (tertiary/aromatic N) is 3. The summed E-state index contributed by atoms with van der Waals surface area (Å²) in [5.41, 5.74) is 2.25. The Morgan fingerprint density at radius 1 is 1.27 bits per heavy atom. The van der Waals surface area contributed by atoms with Gasteiger partial charge in [0.25, 0.3) is 0 Å². The Morgan fingerprint density at radius 2 is 2.05 bits per heavy atom. The average Bonchev–Trinajstić information content (AvgIpc) is 2.95. The molecule has 116 valence electrons. The highest BCUT2D eigenvalue weighted by Crippen LogP contribution is 2.21. The molecule has 3 rings (SSSR count). The molecule has 1 fully saturated rings. The molecule has 1 aromatic carbocycles. The normalized spacial score (nSPS) is 16.0. The second-order valence-corrected chi connectivity index (χ2v) is 5.76. The van der Waals surface area contributed by atoms with E-state index in [2.05, 4.69) is 22.0 Å². The molecule has 5 heteroatoms. The van der Waals surface area contributed by atoms with Crippen molar-refractivity contribution in [1.82, 2.24) is 14.8 Å². The minimum absolute atomic E-state index is 0.168. The Kier molecular flexibility index (Phi) is 4.24. The summed E-state index contributed by atoms with van der Waals surface area (Å²) in [6, 6.07) is 8.30. The molecule has 1 aliphatic rings. The molecule has 22 heavy (non-hydrogen) atoms. The number of hydrogen-bond donors (Lipinski definition) is 0. The van der Waals surface area contributed by atoms with Crippen LogP contribution in [0.25, 0.3) is 11.5 Å². The minimum atomic E-state index is 0.168. The number of aryl methyl sites for hydroxylation is 1. The Bertz CT molecular complexity index is 657. The summed E-state index contributed by atoms with van der Waals surface area (Å²) in [5, 5.41) is 0. The molecule has 1 aromatic heterocycles. The van der Waals surface area contributed by atoms with Crippen LogP contribution in [0.1, 0.15) is 18.2 Å². The van der Waals surface area contributed by atoms with Gasteiger partial charge < -0.3 is 9.32 Å². The van der Waals surface area contributed by atoms with Crippen molar-refractivity contribution in [1.29, 1.82) is 0 Å². The zero-order chi connectivity index (χ0) is 15.5. The molecule has 0 spiro atoms. The van der Waals surface area contributed by atoms with E-state index in [4.69, 9.17) is 4.42 Å². The summed E-state index contributed by atoms with van der Waals surface area (Å²) in [6.45, 7) is 7.89. The average molecular weight is 299 g/mol. The van der Waals surface area contributed by atoms with Gasteiger partial charge in [-0.3, -0.25) is 9.69 Å². The second-order valence-electron chi connectivity index (χ2n) is 5.76. The fourth-order valence-electron chi connectivity index (χ4n) is 2.77. The molecule has 0 N–H and O–H groups in total. The van der Waals surface area contributed by atoms with Crippen LogP contribution >= 0.6 is 0 Å². The number of amides is 1. The molecular formula is C17H21N3O2. The molecule has 2 aromatic rings. The summed E-state index contributed by atoms with van der Waals surface area (Å²) in [4.78, 5) is 19.9. The van der Waals surface area contributed by atoms with E-state index in [0.29, 0.717) is 5.89 Å². The van der Waals surface area contributed by atoms with Gasteiger partial charge in [0.05, 0.1) is 6.20 Å². The van der Waals surface area contributed by atoms with Crippen LogP contribution in [0.15, 0.2) is 34.9 Å². The molecule has 0 unspecified atom stereocenters. The lowest BCUT2D eigenvalue weighted by Gasteiger charge is -2.34. The summed E-state index contributed by atoms with van der Waals surface area (Å²) in [6.07, 6.45) is 1.74. The van der Waals surface area contributed by atoms with Gasteiger partial charge in [-0.25, -0.2) is 4.98 Å². The molecule has 0 atom stereocenters. The largest absolute Gasteiger partial charge is 0.441 e. The first-order chi connectivity index (χ1) is 10.6. The Hall–Kier alpha value is -2.14. The highest BCUT2D eigenvalue weighted by molar-refractivity contribution is 5.73. The second kappa shape index (κ2) is 6.32. The van der Waals surface area contributed by atoms with E-state index in [1.54, 1.807) is 13.1 Å². The molecule has 1 saturated heterocycles. The molecule has 0 saturated carbocycles. The molecule has 1 amide bonds. The third kappa shape index (κ3) is 3.36. The zero-order valence-corrected chi connectivity index (χ0v) is 13.1. The standard InChI is InChI=1S/C17H21N3O2/c1-13-11-18-17(22-13)16-5-3-4-15(10-16)12-19-6-8-20(9-7-19)14(2)21/h3-5,10-11H,6-9,12H2,1-2H3. The Labute approximate surface area is 130 Å². The first-order valence-electron chi connectivity index (χ1n) is 7.61. The maximum Gasteiger partial charge on any atom is 0.226 e. The number of piperazine rings is 1. The van der Waals surface area contributed by atoms with Crippen LogP contribution < -0.4 is 0 Å². The molecule has 5 nitrogen and oxygen atoms in total. The molecule has 0 radical (unpaired) electrons. The predicted molar refractivity (Wildman–Crippen MR) is 84.2 cm³/mol. The highest BCUT2D eigenvalue weighted by Gasteiger charge is 2.18. The number of rotatable bonds is 3. The van der Waals surface area contributed by atoms with Crippen molar-refractivity contribution in [2.24, 2.45) is 0 Å². The van der Waals surface area contributed by atoms with Crippen molar-refractivity contribution in [3.63, 3.8) is 0 Å². The van der Waals surface area contributed by atoms with E-state index in [0.717, 1.165) is 44.0 Å². The lowest BCUT2D eigenvalue weighted by atomic mass is 10.1. The first-order valence-corrected chi connectivity index (χ1v) is 7.61. The number of carbonyl (C=O) groups is 1. The van der Waals surface area contributed by atoms with Crippen LogP contribution in [0.4, 0.5) is 0 Å². The number of hydrogen-bond acceptors (Lipinski definition) is 4. The number of oxazole rings is 1. The third-order valence-corrected chi connectivity index (χ3v) is 4.02. The summed E-state index contributed by atoms with van der Waals surface area (Å²) >= 11 is 0. The van der Waals surface area contributed by atoms with E-state index in [9.17, 15) is 4.79 Å². The minimum Gasteiger partial charge on any atom is -0.441 e. The van der Waals surface area contributed by atoms with Crippen LogP contribution in [0.2, 0.25) is 0 Å². The first kappa shape index (κ1) is 14.8. The van der Waals surface area contributed by atoms with Gasteiger partial charge in [0.2, 0.25) is 11.8 Å². The van der Waals surface area contributed by atoms with Crippen molar-refractivity contribution in [2.75, 3.05) is 26.2 Å². The van der Waals surface area contributed by atoms with Crippen LogP contribution in [0.3, 0.4) is 0 Å². The van der Waals surface area contributed by atoms with E-state index < -0.39 is 0 Å². The van der Waals surface area contributed by atoms with Gasteiger partial charge in [-0.1, -0.05) is 12.1 Å². The van der Waals surface area contributed by atoms with Crippen LogP contribution in [0.5, 0.6) is 0 Å². The predicted octanol–water partition coefficient (Wildman–Crippen LogP) is 2.31. The zero-order valence-electron chi connectivity index (χ0n) is 13.1. The van der Waals surface area contributed by atoms with Crippen molar-refractivity contribution >= 4 is 5.91 Å².